The maximum Gasteiger partial charge on any atom is 0.127 e. The summed E-state index contributed by atoms with van der Waals surface area (Å²) >= 11 is 0. The van der Waals surface area contributed by atoms with E-state index in [2.05, 4.69) is 109 Å². The molecule has 1 aliphatic rings. The Balaban J connectivity index is 1.51. The van der Waals surface area contributed by atoms with Crippen LogP contribution < -0.4 is 9.47 Å². The molecule has 0 aliphatic heterocycles. The largest absolute Gasteiger partial charge is 0.497 e. The smallest absolute Gasteiger partial charge is 0.127 e. The minimum absolute atomic E-state index is 0.876. The van der Waals surface area contributed by atoms with Crippen molar-refractivity contribution in [1.82, 2.24) is 0 Å². The van der Waals surface area contributed by atoms with Gasteiger partial charge < -0.3 is 9.47 Å². The summed E-state index contributed by atoms with van der Waals surface area (Å²) in [5, 5.41) is 23.5. The van der Waals surface area contributed by atoms with Crippen molar-refractivity contribution in [2.24, 2.45) is 0 Å². The summed E-state index contributed by atoms with van der Waals surface area (Å²) in [6.45, 7) is 0. The predicted molar refractivity (Wildman–Crippen MR) is 195 cm³/mol. The van der Waals surface area contributed by atoms with E-state index in [0.29, 0.717) is 0 Å². The van der Waals surface area contributed by atoms with Gasteiger partial charge in [0.2, 0.25) is 0 Å². The summed E-state index contributed by atoms with van der Waals surface area (Å²) in [4.78, 5) is 0. The van der Waals surface area contributed by atoms with Gasteiger partial charge in [-0.25, -0.2) is 0 Å². The van der Waals surface area contributed by atoms with Crippen LogP contribution in [0.1, 0.15) is 0 Å². The summed E-state index contributed by atoms with van der Waals surface area (Å²) < 4.78 is 12.0. The van der Waals surface area contributed by atoms with Crippen molar-refractivity contribution >= 4 is 97.0 Å². The lowest BCUT2D eigenvalue weighted by Crippen LogP contribution is -1.97. The van der Waals surface area contributed by atoms with Gasteiger partial charge in [-0.3, -0.25) is 0 Å². The topological polar surface area (TPSA) is 18.5 Å². The van der Waals surface area contributed by atoms with Gasteiger partial charge in [0.15, 0.2) is 0 Å². The molecule has 12 rings (SSSR count). The normalized spacial score (nSPS) is 13.0. The predicted octanol–water partition coefficient (Wildman–Crippen LogP) is 12.0. The number of ether oxygens (including phenoxy) is 2. The summed E-state index contributed by atoms with van der Waals surface area (Å²) in [5.41, 5.74) is 5.31. The van der Waals surface area contributed by atoms with Crippen molar-refractivity contribution in [2.45, 2.75) is 0 Å². The number of benzene rings is 11. The van der Waals surface area contributed by atoms with Crippen LogP contribution in [0.5, 0.6) is 11.5 Å². The van der Waals surface area contributed by atoms with Crippen molar-refractivity contribution in [2.75, 3.05) is 14.2 Å². The van der Waals surface area contributed by atoms with Crippen molar-refractivity contribution in [1.29, 1.82) is 0 Å². The number of rotatable bonds is 2. The zero-order valence-electron chi connectivity index (χ0n) is 25.2. The number of fused-ring (bicyclic) bond motifs is 11. The zero-order valence-corrected chi connectivity index (χ0v) is 25.2. The average molecular weight is 585 g/mol. The molecule has 0 bridgehead atoms. The molecule has 0 N–H and O–H groups in total. The van der Waals surface area contributed by atoms with E-state index >= 15 is 0 Å². The molecule has 11 aromatic carbocycles. The van der Waals surface area contributed by atoms with E-state index in [1.165, 1.54) is 119 Å². The van der Waals surface area contributed by atoms with Crippen LogP contribution in [0.2, 0.25) is 0 Å². The average Bonchev–Trinajstić information content (AvgIpc) is 3.44. The molecule has 0 saturated heterocycles. The molecule has 0 fully saturated rings. The fraction of sp³-hybridized carbons (Fsp3) is 0.0455. The van der Waals surface area contributed by atoms with Gasteiger partial charge in [-0.05, 0) is 139 Å². The molecule has 0 aromatic heterocycles. The van der Waals surface area contributed by atoms with Gasteiger partial charge in [-0.2, -0.15) is 0 Å². The highest BCUT2D eigenvalue weighted by molar-refractivity contribution is 6.54. The molecule has 46 heavy (non-hydrogen) atoms. The molecule has 0 radical (unpaired) electrons. The third-order valence-corrected chi connectivity index (χ3v) is 11.2. The van der Waals surface area contributed by atoms with Gasteiger partial charge in [0.1, 0.15) is 11.5 Å². The quantitative estimate of drug-likeness (QED) is 0.149. The van der Waals surface area contributed by atoms with Crippen molar-refractivity contribution in [3.05, 3.63) is 109 Å². The molecule has 11 aromatic rings. The number of hydrogen-bond acceptors (Lipinski definition) is 2. The molecule has 0 heterocycles. The Morgan fingerprint density at radius 3 is 1.67 bits per heavy atom. The second-order valence-corrected chi connectivity index (χ2v) is 13.0. The monoisotopic (exact) mass is 584 g/mol. The Morgan fingerprint density at radius 1 is 0.304 bits per heavy atom. The summed E-state index contributed by atoms with van der Waals surface area (Å²) in [6.07, 6.45) is 0. The first-order valence-electron chi connectivity index (χ1n) is 15.9. The molecule has 0 spiro atoms. The lowest BCUT2D eigenvalue weighted by atomic mass is 9.77. The van der Waals surface area contributed by atoms with Gasteiger partial charge in [0, 0.05) is 10.8 Å². The lowest BCUT2D eigenvalue weighted by molar-refractivity contribution is 0.415. The van der Waals surface area contributed by atoms with Crippen LogP contribution in [0.25, 0.3) is 119 Å². The molecule has 0 atom stereocenters. The van der Waals surface area contributed by atoms with E-state index in [9.17, 15) is 0 Å². The maximum atomic E-state index is 6.12. The van der Waals surface area contributed by atoms with E-state index in [-0.39, 0.29) is 0 Å². The second kappa shape index (κ2) is 7.67. The van der Waals surface area contributed by atoms with Gasteiger partial charge in [0.25, 0.3) is 0 Å². The van der Waals surface area contributed by atoms with Crippen LogP contribution in [0.4, 0.5) is 0 Å². The first-order valence-corrected chi connectivity index (χ1v) is 15.9. The second-order valence-electron chi connectivity index (χ2n) is 13.0. The van der Waals surface area contributed by atoms with E-state index < -0.39 is 0 Å². The van der Waals surface area contributed by atoms with E-state index in [4.69, 9.17) is 9.47 Å². The third kappa shape index (κ3) is 2.40. The highest BCUT2D eigenvalue weighted by Crippen LogP contribution is 2.59. The Labute approximate surface area is 263 Å². The minimum atomic E-state index is 0.876. The van der Waals surface area contributed by atoms with Gasteiger partial charge >= 0.3 is 0 Å². The van der Waals surface area contributed by atoms with E-state index in [0.717, 1.165) is 11.5 Å². The highest BCUT2D eigenvalue weighted by atomic mass is 16.5. The van der Waals surface area contributed by atoms with Crippen molar-refractivity contribution in [3.63, 3.8) is 0 Å². The first-order chi connectivity index (χ1) is 22.8. The van der Waals surface area contributed by atoms with Crippen LogP contribution in [0.3, 0.4) is 0 Å². The first kappa shape index (κ1) is 23.5. The minimum Gasteiger partial charge on any atom is -0.497 e. The summed E-state index contributed by atoms with van der Waals surface area (Å²) in [7, 11) is 3.56. The van der Waals surface area contributed by atoms with Gasteiger partial charge in [-0.15, -0.1) is 0 Å². The van der Waals surface area contributed by atoms with Crippen LogP contribution in [0.15, 0.2) is 109 Å². The maximum absolute atomic E-state index is 6.12. The van der Waals surface area contributed by atoms with Crippen LogP contribution in [0, 0.1) is 0 Å². The van der Waals surface area contributed by atoms with Crippen molar-refractivity contribution in [3.8, 4) is 33.8 Å². The van der Waals surface area contributed by atoms with Crippen molar-refractivity contribution < 1.29 is 9.47 Å². The Bertz CT molecular complexity index is 3150. The Morgan fingerprint density at radius 2 is 0.870 bits per heavy atom. The molecule has 2 heteroatoms. The summed E-state index contributed by atoms with van der Waals surface area (Å²) in [5.74, 6) is 1.79. The number of methoxy groups -OCH3 is 2. The molecule has 2 nitrogen and oxygen atoms in total. The van der Waals surface area contributed by atoms with Crippen LogP contribution in [-0.4, -0.2) is 14.2 Å². The molecular weight excluding hydrogens is 560 g/mol. The molecule has 0 amide bonds. The highest BCUT2D eigenvalue weighted by Gasteiger charge is 2.30. The third-order valence-electron chi connectivity index (χ3n) is 11.2. The van der Waals surface area contributed by atoms with Gasteiger partial charge in [0.05, 0.1) is 14.2 Å². The molecule has 212 valence electrons. The molecule has 0 saturated carbocycles. The standard InChI is InChI=1S/C44H24O2/c1-45-21-11-12-30-32(19-21)34-20-33-23-8-4-3-7-22(23)26-13-15-28-29-16-14-27-24-9-5-6-10-25(24)38-35(46-2)18-17-31-36(30)44(41(29)40(27)42(31)38)43(34)39(28)37(26)33/h3-20H,1-2H3. The molecule has 1 aliphatic carbocycles. The Hall–Kier alpha value is -5.86. The SMILES string of the molecule is COc1ccc2c(c1)c1cc3c4c(ccc5c6ccc7c8ccccc8c8c(OC)ccc9c2c(c1c45)c6c7c98)-c1ccccc1-3. The number of hydrogen-bond donors (Lipinski definition) is 0. The molecule has 0 unspecified atom stereocenters. The van der Waals surface area contributed by atoms with E-state index in [1.54, 1.807) is 14.2 Å². The van der Waals surface area contributed by atoms with Crippen LogP contribution >= 0.6 is 0 Å². The molecular formula is C44H24O2. The van der Waals surface area contributed by atoms with E-state index in [1.807, 2.05) is 0 Å². The van der Waals surface area contributed by atoms with Crippen LogP contribution in [-0.2, 0) is 0 Å². The summed E-state index contributed by atoms with van der Waals surface area (Å²) in [6, 6.07) is 40.9. The lowest BCUT2D eigenvalue weighted by Gasteiger charge is -2.25. The fourth-order valence-electron chi connectivity index (χ4n) is 9.53. The fourth-order valence-corrected chi connectivity index (χ4v) is 9.53. The van der Waals surface area contributed by atoms with Gasteiger partial charge in [-0.1, -0.05) is 78.9 Å². The zero-order chi connectivity index (χ0) is 30.0. The Kier molecular flexibility index (Phi) is 3.92.